The Morgan fingerprint density at radius 2 is 0.659 bits per heavy atom. The normalized spacial score (nSPS) is 19.0. The van der Waals surface area contributed by atoms with Gasteiger partial charge in [0, 0.05) is 17.1 Å². The van der Waals surface area contributed by atoms with Crippen molar-refractivity contribution in [3.63, 3.8) is 0 Å². The Labute approximate surface area is 261 Å². The van der Waals surface area contributed by atoms with Gasteiger partial charge in [-0.1, -0.05) is 0 Å². The van der Waals surface area contributed by atoms with E-state index in [0.717, 1.165) is 0 Å². The zero-order chi connectivity index (χ0) is 31.8. The van der Waals surface area contributed by atoms with Gasteiger partial charge in [-0.3, -0.25) is 0 Å². The van der Waals surface area contributed by atoms with Crippen LogP contribution >= 0.6 is 0 Å². The zero-order valence-corrected chi connectivity index (χ0v) is 23.5. The molecule has 1 radical (unpaired) electrons. The molecule has 12 atom stereocenters. The van der Waals surface area contributed by atoms with Crippen LogP contribution in [0.1, 0.15) is 0 Å². The Morgan fingerprint density at radius 1 is 0.463 bits per heavy atom. The summed E-state index contributed by atoms with van der Waals surface area (Å²) in [4.78, 5) is 59.7. The molecule has 0 aliphatic rings. The second kappa shape index (κ2) is 25.0. The van der Waals surface area contributed by atoms with Crippen molar-refractivity contribution in [2.24, 2.45) is 0 Å². The summed E-state index contributed by atoms with van der Waals surface area (Å²) in [5, 5.41) is 131. The summed E-state index contributed by atoms with van der Waals surface area (Å²) in [7, 11) is 0. The molecule has 0 aliphatic heterocycles. The molecule has 0 heterocycles. The number of aldehydes is 3. The maximum atomic E-state index is 10.1. The van der Waals surface area contributed by atoms with Crippen LogP contribution in [0.2, 0.25) is 0 Å². The van der Waals surface area contributed by atoms with Crippen molar-refractivity contribution < 1.29 is 152 Å². The molecule has 0 spiro atoms. The summed E-state index contributed by atoms with van der Waals surface area (Å²) in [5.41, 5.74) is 0. The van der Waals surface area contributed by atoms with E-state index in [1.165, 1.54) is 0 Å². The molecule has 0 saturated heterocycles. The van der Waals surface area contributed by atoms with E-state index >= 15 is 0 Å². The Bertz CT molecular complexity index is 688. The van der Waals surface area contributed by atoms with Crippen LogP contribution < -0.4 is 34.7 Å². The van der Waals surface area contributed by atoms with Gasteiger partial charge in [0.05, 0.1) is 5.97 Å². The van der Waals surface area contributed by atoms with Crippen LogP contribution in [0.5, 0.6) is 0 Å². The minimum absolute atomic E-state index is 0. The van der Waals surface area contributed by atoms with Gasteiger partial charge in [0.25, 0.3) is 0 Å². The first-order valence-corrected chi connectivity index (χ1v) is 9.94. The summed E-state index contributed by atoms with van der Waals surface area (Å²) in [6.45, 7) is 0. The number of hydrogen-bond donors (Lipinski definition) is 14. The molecule has 14 N–H and O–H groups in total. The average Bonchev–Trinajstić information content (AvgIpc) is 2.92. The van der Waals surface area contributed by atoms with Gasteiger partial charge in [-0.25, -0.2) is 9.59 Å². The van der Waals surface area contributed by atoms with Crippen molar-refractivity contribution in [3.8, 4) is 0 Å². The molecule has 239 valence electrons. The molecule has 0 aromatic rings. The van der Waals surface area contributed by atoms with Crippen molar-refractivity contribution in [2.75, 3.05) is 0 Å². The first-order valence-electron chi connectivity index (χ1n) is 9.94. The molecule has 21 nitrogen and oxygen atoms in total. The quantitative estimate of drug-likeness (QED) is 0.0569. The number of hydrogen-bond acceptors (Lipinski definition) is 19. The van der Waals surface area contributed by atoms with E-state index in [0.29, 0.717) is 0 Å². The predicted molar refractivity (Wildman–Crippen MR) is 111 cm³/mol. The smallest absolute Gasteiger partial charge is 0.547 e. The maximum Gasteiger partial charge on any atom is 1.00 e. The topological polar surface area (TPSA) is 409 Å². The van der Waals surface area contributed by atoms with E-state index in [4.69, 9.17) is 71.5 Å². The van der Waals surface area contributed by atoms with Crippen LogP contribution in [0.25, 0.3) is 0 Å². The Kier molecular flexibility index (Phi) is 30.0. The first kappa shape index (κ1) is 49.2. The zero-order valence-electron chi connectivity index (χ0n) is 20.6. The molecule has 0 fully saturated rings. The van der Waals surface area contributed by atoms with E-state index in [9.17, 15) is 33.9 Å². The standard InChI is InChI=1S/3C6H10O7.Cu.Na/c3*7-1-2(8)3(9)4(10)5(11)6(12)13;;/h3*1-5,8-11H,(H,12,13);;/q;;;;+1/p-1/t3*2-,3+,4-,5-;;/m000../s1. The van der Waals surface area contributed by atoms with Gasteiger partial charge in [0.15, 0.2) is 31.1 Å². The van der Waals surface area contributed by atoms with Gasteiger partial charge in [0.2, 0.25) is 0 Å². The SMILES string of the molecule is O=C[C@H](O)[C@@H](O)[C@H](O)[C@H](O)C(=O)O.O=C[C@H](O)[C@@H](O)[C@H](O)[C@H](O)C(=O)O.O=C[C@H](O)[C@@H](O)[C@H](O)[C@H](O)C(=O)[O-].[Cu].[Na+]. The van der Waals surface area contributed by atoms with Gasteiger partial charge in [-0.05, 0) is 0 Å². The number of rotatable bonds is 15. The molecule has 0 aliphatic carbocycles. The van der Waals surface area contributed by atoms with Crippen LogP contribution in [0.4, 0.5) is 0 Å². The summed E-state index contributed by atoms with van der Waals surface area (Å²) in [6, 6.07) is 0. The molecule has 0 saturated carbocycles. The molecular weight excluding hydrogens is 639 g/mol. The largest absolute Gasteiger partial charge is 1.00 e. The summed E-state index contributed by atoms with van der Waals surface area (Å²) < 4.78 is 0. The van der Waals surface area contributed by atoms with Crippen LogP contribution in [0.15, 0.2) is 0 Å². The molecular formula is C18H29CuNaO21. The maximum absolute atomic E-state index is 10.1. The number of carbonyl (C=O) groups excluding carboxylic acids is 4. The molecule has 0 rings (SSSR count). The third-order valence-electron chi connectivity index (χ3n) is 4.24. The monoisotopic (exact) mass is 667 g/mol. The fraction of sp³-hybridized carbons (Fsp3) is 0.667. The first-order chi connectivity index (χ1) is 17.7. The Morgan fingerprint density at radius 3 is 0.805 bits per heavy atom. The van der Waals surface area contributed by atoms with Crippen LogP contribution in [-0.2, 0) is 45.8 Å². The Hall–Kier alpha value is -1.54. The minimum Gasteiger partial charge on any atom is -0.547 e. The number of aliphatic hydroxyl groups excluding tert-OH is 12. The summed E-state index contributed by atoms with van der Waals surface area (Å²) >= 11 is 0. The van der Waals surface area contributed by atoms with Crippen molar-refractivity contribution in [3.05, 3.63) is 0 Å². The molecule has 0 unspecified atom stereocenters. The van der Waals surface area contributed by atoms with Crippen LogP contribution in [0, 0.1) is 0 Å². The number of carboxylic acid groups (broad SMARTS) is 3. The van der Waals surface area contributed by atoms with E-state index in [2.05, 4.69) is 0 Å². The fourth-order valence-corrected chi connectivity index (χ4v) is 1.84. The van der Waals surface area contributed by atoms with E-state index in [-0.39, 0.29) is 65.5 Å². The average molecular weight is 668 g/mol. The predicted octanol–water partition coefficient (Wildman–Crippen LogP) is -14.2. The number of aliphatic hydroxyl groups is 12. The molecule has 23 heteroatoms. The van der Waals surface area contributed by atoms with Crippen molar-refractivity contribution >= 4 is 36.8 Å². The third-order valence-corrected chi connectivity index (χ3v) is 4.24. The van der Waals surface area contributed by atoms with Gasteiger partial charge in [0.1, 0.15) is 61.0 Å². The number of carbonyl (C=O) groups is 6. The number of aliphatic carboxylic acids is 3. The van der Waals surface area contributed by atoms with Gasteiger partial charge in [-0.2, -0.15) is 0 Å². The third kappa shape index (κ3) is 18.6. The van der Waals surface area contributed by atoms with E-state index in [1.807, 2.05) is 0 Å². The Balaban J connectivity index is -0.000000154. The van der Waals surface area contributed by atoms with Gasteiger partial charge in [-0.15, -0.1) is 0 Å². The molecule has 0 bridgehead atoms. The van der Waals surface area contributed by atoms with E-state index < -0.39 is 91.2 Å². The van der Waals surface area contributed by atoms with Crippen molar-refractivity contribution in [2.45, 2.75) is 73.2 Å². The molecule has 0 aromatic carbocycles. The van der Waals surface area contributed by atoms with Crippen molar-refractivity contribution in [1.82, 2.24) is 0 Å². The molecule has 0 amide bonds. The molecule has 0 aromatic heterocycles. The van der Waals surface area contributed by atoms with Crippen molar-refractivity contribution in [1.29, 1.82) is 0 Å². The van der Waals surface area contributed by atoms with E-state index in [1.54, 1.807) is 0 Å². The van der Waals surface area contributed by atoms with Gasteiger partial charge < -0.3 is 95.8 Å². The van der Waals surface area contributed by atoms with Crippen LogP contribution in [-0.4, -0.2) is 182 Å². The minimum atomic E-state index is -2.36. The number of carboxylic acids is 3. The molecule has 41 heavy (non-hydrogen) atoms. The second-order valence-corrected chi connectivity index (χ2v) is 7.15. The summed E-state index contributed by atoms with van der Waals surface area (Å²) in [5.74, 6) is -5.53. The second-order valence-electron chi connectivity index (χ2n) is 7.15. The fourth-order valence-electron chi connectivity index (χ4n) is 1.84. The van der Waals surface area contributed by atoms with Crippen LogP contribution in [0.3, 0.4) is 0 Å². The summed E-state index contributed by atoms with van der Waals surface area (Å²) in [6.07, 6.45) is -25.4. The van der Waals surface area contributed by atoms with Gasteiger partial charge >= 0.3 is 41.5 Å².